The summed E-state index contributed by atoms with van der Waals surface area (Å²) in [6.45, 7) is 0.746. The Kier molecular flexibility index (Phi) is 4.21. The van der Waals surface area contributed by atoms with E-state index in [0.717, 1.165) is 6.92 Å². The molecular weight excluding hydrogens is 287 g/mol. The molecule has 0 bridgehead atoms. The average molecular weight is 292 g/mol. The van der Waals surface area contributed by atoms with Crippen molar-refractivity contribution in [1.29, 1.82) is 0 Å². The Morgan fingerprint density at radius 2 is 1.11 bits per heavy atom. The molecule has 108 valence electrons. The summed E-state index contributed by atoms with van der Waals surface area (Å²) in [5.74, 6) is -2.28. The number of hydrogen-bond acceptors (Lipinski definition) is 2. The van der Waals surface area contributed by atoms with Gasteiger partial charge in [0, 0.05) is 6.42 Å². The van der Waals surface area contributed by atoms with E-state index >= 15 is 0 Å². The van der Waals surface area contributed by atoms with Crippen molar-refractivity contribution in [3.63, 3.8) is 0 Å². The second-order valence-electron chi connectivity index (χ2n) is 3.00. The van der Waals surface area contributed by atoms with Crippen LogP contribution in [0.3, 0.4) is 0 Å². The zero-order valence-electron chi connectivity index (χ0n) is 8.43. The van der Waals surface area contributed by atoms with E-state index in [1.54, 1.807) is 0 Å². The Hall–Kier alpha value is -1.16. The zero-order valence-corrected chi connectivity index (χ0v) is 8.43. The van der Waals surface area contributed by atoms with E-state index in [2.05, 4.69) is 4.74 Å². The van der Waals surface area contributed by atoms with Crippen LogP contribution < -0.4 is 0 Å². The van der Waals surface area contributed by atoms with Crippen LogP contribution in [-0.2, 0) is 9.53 Å². The van der Waals surface area contributed by atoms with Crippen LogP contribution in [0.15, 0.2) is 0 Å². The molecule has 0 saturated carbocycles. The SMILES string of the molecule is CCC(=O)OC(C(F)(F)F)(C(F)(F)F)C(F)(F)F. The molecule has 0 aliphatic heterocycles. The summed E-state index contributed by atoms with van der Waals surface area (Å²) in [6.07, 6.45) is -21.7. The molecule has 0 radical (unpaired) electrons. The molecule has 18 heavy (non-hydrogen) atoms. The number of halogens is 9. The van der Waals surface area contributed by atoms with Crippen molar-refractivity contribution in [1.82, 2.24) is 0 Å². The van der Waals surface area contributed by atoms with Gasteiger partial charge in [0.25, 0.3) is 0 Å². The molecular formula is C7H5F9O2. The minimum atomic E-state index is -6.88. The topological polar surface area (TPSA) is 26.3 Å². The highest BCUT2D eigenvalue weighted by atomic mass is 19.4. The molecule has 0 aliphatic carbocycles. The minimum absolute atomic E-state index is 0.746. The van der Waals surface area contributed by atoms with E-state index in [4.69, 9.17) is 0 Å². The maximum absolute atomic E-state index is 12.1. The van der Waals surface area contributed by atoms with Crippen molar-refractivity contribution < 1.29 is 49.0 Å². The van der Waals surface area contributed by atoms with E-state index in [1.165, 1.54) is 0 Å². The number of esters is 1. The summed E-state index contributed by atoms with van der Waals surface area (Å²) in [7, 11) is 0. The third-order valence-electron chi connectivity index (χ3n) is 1.75. The molecule has 0 fully saturated rings. The highest BCUT2D eigenvalue weighted by molar-refractivity contribution is 5.69. The van der Waals surface area contributed by atoms with Crippen LogP contribution >= 0.6 is 0 Å². The lowest BCUT2D eigenvalue weighted by Crippen LogP contribution is -2.68. The van der Waals surface area contributed by atoms with Crippen molar-refractivity contribution in [2.45, 2.75) is 37.5 Å². The number of rotatable bonds is 2. The van der Waals surface area contributed by atoms with Crippen molar-refractivity contribution in [2.24, 2.45) is 0 Å². The van der Waals surface area contributed by atoms with Crippen molar-refractivity contribution in [2.75, 3.05) is 0 Å². The number of alkyl halides is 9. The van der Waals surface area contributed by atoms with Gasteiger partial charge in [-0.05, 0) is 0 Å². The molecule has 0 aromatic heterocycles. The quantitative estimate of drug-likeness (QED) is 0.576. The van der Waals surface area contributed by atoms with Crippen LogP contribution in [0, 0.1) is 0 Å². The number of carbonyl (C=O) groups is 1. The molecule has 0 aromatic carbocycles. The molecule has 0 rings (SSSR count). The van der Waals surface area contributed by atoms with Gasteiger partial charge < -0.3 is 4.74 Å². The van der Waals surface area contributed by atoms with E-state index in [1.807, 2.05) is 0 Å². The fourth-order valence-electron chi connectivity index (χ4n) is 0.899. The Morgan fingerprint density at radius 1 is 0.833 bits per heavy atom. The summed E-state index contributed by atoms with van der Waals surface area (Å²) >= 11 is 0. The Balaban J connectivity index is 6.00. The van der Waals surface area contributed by atoms with Gasteiger partial charge >= 0.3 is 30.1 Å². The van der Waals surface area contributed by atoms with Crippen molar-refractivity contribution in [3.05, 3.63) is 0 Å². The van der Waals surface area contributed by atoms with E-state index in [0.29, 0.717) is 0 Å². The molecule has 0 spiro atoms. The van der Waals surface area contributed by atoms with Gasteiger partial charge in [-0.2, -0.15) is 39.5 Å². The summed E-state index contributed by atoms with van der Waals surface area (Å²) in [5, 5.41) is 0. The molecule has 0 atom stereocenters. The van der Waals surface area contributed by atoms with Crippen LogP contribution in [0.1, 0.15) is 13.3 Å². The molecule has 0 amide bonds. The summed E-state index contributed by atoms with van der Waals surface area (Å²) < 4.78 is 112. The first kappa shape index (κ1) is 16.8. The first-order chi connectivity index (χ1) is 7.70. The zero-order chi connectivity index (χ0) is 15.0. The standard InChI is InChI=1S/C7H5F9O2/c1-2-3(17)18-4(5(8,9)10,6(11,12)13)7(14,15)16/h2H2,1H3. The Labute approximate surface area is 93.7 Å². The monoisotopic (exact) mass is 292 g/mol. The lowest BCUT2D eigenvalue weighted by Gasteiger charge is -2.37. The van der Waals surface area contributed by atoms with Gasteiger partial charge in [0.05, 0.1) is 0 Å². The maximum Gasteiger partial charge on any atom is 0.447 e. The predicted molar refractivity (Wildman–Crippen MR) is 37.3 cm³/mol. The van der Waals surface area contributed by atoms with Crippen LogP contribution in [-0.4, -0.2) is 30.1 Å². The van der Waals surface area contributed by atoms with Crippen LogP contribution in [0.25, 0.3) is 0 Å². The number of ether oxygens (including phenoxy) is 1. The maximum atomic E-state index is 12.1. The van der Waals surface area contributed by atoms with E-state index in [-0.39, 0.29) is 0 Å². The second kappa shape index (κ2) is 4.50. The molecule has 0 aliphatic rings. The molecule has 11 heteroatoms. The molecule has 2 nitrogen and oxygen atoms in total. The number of carbonyl (C=O) groups excluding carboxylic acids is 1. The fraction of sp³-hybridized carbons (Fsp3) is 0.857. The molecule has 0 aromatic rings. The number of hydrogen-bond donors (Lipinski definition) is 0. The lowest BCUT2D eigenvalue weighted by atomic mass is 10.0. The van der Waals surface area contributed by atoms with Gasteiger partial charge in [0.1, 0.15) is 0 Å². The van der Waals surface area contributed by atoms with Gasteiger partial charge in [-0.15, -0.1) is 0 Å². The van der Waals surface area contributed by atoms with Crippen LogP contribution in [0.2, 0.25) is 0 Å². The summed E-state index contributed by atoms with van der Waals surface area (Å²) in [5.41, 5.74) is -6.51. The van der Waals surface area contributed by atoms with Gasteiger partial charge in [-0.3, -0.25) is 4.79 Å². The Bertz CT molecular complexity index is 274. The van der Waals surface area contributed by atoms with E-state index in [9.17, 15) is 44.3 Å². The van der Waals surface area contributed by atoms with Crippen LogP contribution in [0.4, 0.5) is 39.5 Å². The van der Waals surface area contributed by atoms with Gasteiger partial charge in [-0.1, -0.05) is 6.92 Å². The first-order valence-electron chi connectivity index (χ1n) is 4.12. The van der Waals surface area contributed by atoms with Gasteiger partial charge in [0.15, 0.2) is 0 Å². The molecule has 0 unspecified atom stereocenters. The summed E-state index contributed by atoms with van der Waals surface area (Å²) in [6, 6.07) is 0. The smallest absolute Gasteiger partial charge is 0.432 e. The van der Waals surface area contributed by atoms with Crippen LogP contribution in [0.5, 0.6) is 0 Å². The largest absolute Gasteiger partial charge is 0.447 e. The third kappa shape index (κ3) is 2.64. The normalized spacial score (nSPS) is 14.6. The molecule has 0 saturated heterocycles. The predicted octanol–water partition coefficient (Wildman–Crippen LogP) is 3.37. The summed E-state index contributed by atoms with van der Waals surface area (Å²) in [4.78, 5) is 10.4. The molecule has 0 N–H and O–H groups in total. The van der Waals surface area contributed by atoms with Crippen molar-refractivity contribution >= 4 is 5.97 Å². The van der Waals surface area contributed by atoms with Gasteiger partial charge in [-0.25, -0.2) is 0 Å². The minimum Gasteiger partial charge on any atom is -0.432 e. The Morgan fingerprint density at radius 3 is 1.28 bits per heavy atom. The van der Waals surface area contributed by atoms with Gasteiger partial charge in [0.2, 0.25) is 0 Å². The average Bonchev–Trinajstić information content (AvgIpc) is 2.07. The molecule has 0 heterocycles. The van der Waals surface area contributed by atoms with Crippen molar-refractivity contribution in [3.8, 4) is 0 Å². The highest BCUT2D eigenvalue weighted by Gasteiger charge is 2.87. The van der Waals surface area contributed by atoms with E-state index < -0.39 is 36.5 Å². The third-order valence-corrected chi connectivity index (χ3v) is 1.75. The fourth-order valence-corrected chi connectivity index (χ4v) is 0.899. The highest BCUT2D eigenvalue weighted by Crippen LogP contribution is 2.54. The lowest BCUT2D eigenvalue weighted by molar-refractivity contribution is -0.446. The second-order valence-corrected chi connectivity index (χ2v) is 3.00. The first-order valence-corrected chi connectivity index (χ1v) is 4.12.